The molecule has 3 heteroatoms. The van der Waals surface area contributed by atoms with Gasteiger partial charge in [0.05, 0.1) is 12.0 Å². The molecule has 1 nitrogen and oxygen atoms in total. The minimum Gasteiger partial charge on any atom is -0.494 e. The molecule has 0 radical (unpaired) electrons. The van der Waals surface area contributed by atoms with E-state index in [4.69, 9.17) is 16.3 Å². The highest BCUT2D eigenvalue weighted by atomic mass is 35.5. The van der Waals surface area contributed by atoms with Crippen molar-refractivity contribution in [1.29, 1.82) is 0 Å². The molecule has 0 bridgehead atoms. The number of thiophene rings is 1. The van der Waals surface area contributed by atoms with Crippen LogP contribution in [-0.4, -0.2) is 6.61 Å². The molecule has 18 heavy (non-hydrogen) atoms. The quantitative estimate of drug-likeness (QED) is 0.698. The number of ether oxygens (including phenoxy) is 1. The molecule has 0 N–H and O–H groups in total. The Morgan fingerprint density at radius 2 is 1.89 bits per heavy atom. The van der Waals surface area contributed by atoms with Gasteiger partial charge in [-0.05, 0) is 48.1 Å². The summed E-state index contributed by atoms with van der Waals surface area (Å²) in [4.78, 5) is 1.25. The van der Waals surface area contributed by atoms with Crippen molar-refractivity contribution in [3.63, 3.8) is 0 Å². The Morgan fingerprint density at radius 3 is 2.50 bits per heavy atom. The third-order valence-electron chi connectivity index (χ3n) is 2.88. The van der Waals surface area contributed by atoms with Crippen LogP contribution in [0.2, 0.25) is 0 Å². The zero-order valence-corrected chi connectivity index (χ0v) is 12.2. The van der Waals surface area contributed by atoms with E-state index < -0.39 is 0 Å². The number of halogens is 1. The van der Waals surface area contributed by atoms with E-state index in [9.17, 15) is 0 Å². The zero-order valence-electron chi connectivity index (χ0n) is 10.7. The molecule has 0 fully saturated rings. The highest BCUT2D eigenvalue weighted by Gasteiger charge is 2.15. The van der Waals surface area contributed by atoms with Crippen LogP contribution in [0.15, 0.2) is 35.7 Å². The van der Waals surface area contributed by atoms with Crippen LogP contribution in [0.1, 0.15) is 35.2 Å². The van der Waals surface area contributed by atoms with Crippen molar-refractivity contribution in [3.05, 3.63) is 51.7 Å². The van der Waals surface area contributed by atoms with E-state index in [-0.39, 0.29) is 5.38 Å². The van der Waals surface area contributed by atoms with Crippen molar-refractivity contribution in [2.24, 2.45) is 0 Å². The lowest BCUT2D eigenvalue weighted by Crippen LogP contribution is -1.95. The highest BCUT2D eigenvalue weighted by Crippen LogP contribution is 2.35. The molecule has 0 saturated carbocycles. The van der Waals surface area contributed by atoms with Gasteiger partial charge in [-0.15, -0.1) is 22.9 Å². The molecule has 0 saturated heterocycles. The Kier molecular flexibility index (Phi) is 4.67. The van der Waals surface area contributed by atoms with Crippen molar-refractivity contribution < 1.29 is 4.74 Å². The zero-order chi connectivity index (χ0) is 13.0. The first kappa shape index (κ1) is 13.4. The van der Waals surface area contributed by atoms with E-state index in [1.165, 1.54) is 10.4 Å². The summed E-state index contributed by atoms with van der Waals surface area (Å²) in [5.41, 5.74) is 2.46. The third-order valence-corrected chi connectivity index (χ3v) is 4.50. The molecule has 1 aromatic carbocycles. The van der Waals surface area contributed by atoms with Crippen LogP contribution in [0.3, 0.4) is 0 Å². The van der Waals surface area contributed by atoms with Gasteiger partial charge in [0.25, 0.3) is 0 Å². The topological polar surface area (TPSA) is 9.23 Å². The summed E-state index contributed by atoms with van der Waals surface area (Å²) in [6, 6.07) is 10.2. The van der Waals surface area contributed by atoms with Crippen LogP contribution in [0, 0.1) is 0 Å². The van der Waals surface area contributed by atoms with Gasteiger partial charge in [0, 0.05) is 4.88 Å². The summed E-state index contributed by atoms with van der Waals surface area (Å²) in [6.45, 7) is 4.83. The SMILES string of the molecule is CCOc1ccc(C(Cl)c2sccc2CC)cc1. The van der Waals surface area contributed by atoms with Crippen molar-refractivity contribution in [1.82, 2.24) is 0 Å². The van der Waals surface area contributed by atoms with E-state index in [2.05, 4.69) is 18.4 Å². The Bertz CT molecular complexity index is 489. The van der Waals surface area contributed by atoms with Crippen LogP contribution in [-0.2, 0) is 6.42 Å². The van der Waals surface area contributed by atoms with Gasteiger partial charge < -0.3 is 4.74 Å². The van der Waals surface area contributed by atoms with Gasteiger partial charge in [-0.3, -0.25) is 0 Å². The molecule has 0 amide bonds. The van der Waals surface area contributed by atoms with Crippen molar-refractivity contribution in [3.8, 4) is 5.75 Å². The van der Waals surface area contributed by atoms with Crippen LogP contribution >= 0.6 is 22.9 Å². The second kappa shape index (κ2) is 6.26. The lowest BCUT2D eigenvalue weighted by Gasteiger charge is -2.11. The Labute approximate surface area is 117 Å². The molecular weight excluding hydrogens is 264 g/mol. The molecule has 0 aliphatic rings. The van der Waals surface area contributed by atoms with Gasteiger partial charge in [0.1, 0.15) is 5.75 Å². The molecule has 1 unspecified atom stereocenters. The van der Waals surface area contributed by atoms with Gasteiger partial charge in [-0.2, -0.15) is 0 Å². The summed E-state index contributed by atoms with van der Waals surface area (Å²) in [6.07, 6.45) is 1.03. The smallest absolute Gasteiger partial charge is 0.119 e. The second-order valence-corrected chi connectivity index (χ2v) is 5.41. The van der Waals surface area contributed by atoms with E-state index in [1.54, 1.807) is 11.3 Å². The molecule has 0 aliphatic carbocycles. The Hall–Kier alpha value is -0.990. The first-order chi connectivity index (χ1) is 8.76. The van der Waals surface area contributed by atoms with E-state index in [1.807, 2.05) is 31.2 Å². The molecule has 0 spiro atoms. The van der Waals surface area contributed by atoms with Gasteiger partial charge in [0.15, 0.2) is 0 Å². The van der Waals surface area contributed by atoms with Crippen LogP contribution in [0.4, 0.5) is 0 Å². The summed E-state index contributed by atoms with van der Waals surface area (Å²) in [7, 11) is 0. The standard InChI is InChI=1S/C15H17ClOS/c1-3-11-9-10-18-15(11)14(16)12-5-7-13(8-6-12)17-4-2/h5-10,14H,3-4H2,1-2H3. The van der Waals surface area contributed by atoms with Crippen LogP contribution in [0.25, 0.3) is 0 Å². The normalized spacial score (nSPS) is 12.4. The number of aryl methyl sites for hydroxylation is 1. The summed E-state index contributed by atoms with van der Waals surface area (Å²) in [5, 5.41) is 2.05. The average molecular weight is 281 g/mol. The minimum absolute atomic E-state index is 0.0596. The van der Waals surface area contributed by atoms with Gasteiger partial charge in [-0.1, -0.05) is 19.1 Å². The van der Waals surface area contributed by atoms with Gasteiger partial charge in [0.2, 0.25) is 0 Å². The number of hydrogen-bond donors (Lipinski definition) is 0. The van der Waals surface area contributed by atoms with Crippen LogP contribution in [0.5, 0.6) is 5.75 Å². The summed E-state index contributed by atoms with van der Waals surface area (Å²) in [5.74, 6) is 0.895. The first-order valence-corrected chi connectivity index (χ1v) is 7.51. The average Bonchev–Trinajstić information content (AvgIpc) is 2.87. The van der Waals surface area contributed by atoms with E-state index in [0.717, 1.165) is 17.7 Å². The fourth-order valence-corrected chi connectivity index (χ4v) is 3.35. The van der Waals surface area contributed by atoms with E-state index in [0.29, 0.717) is 6.61 Å². The minimum atomic E-state index is -0.0596. The predicted molar refractivity (Wildman–Crippen MR) is 79.0 cm³/mol. The fourth-order valence-electron chi connectivity index (χ4n) is 1.91. The van der Waals surface area contributed by atoms with Gasteiger partial charge in [-0.25, -0.2) is 0 Å². The molecule has 1 heterocycles. The molecule has 2 rings (SSSR count). The second-order valence-electron chi connectivity index (χ2n) is 4.03. The molecule has 1 aromatic heterocycles. The van der Waals surface area contributed by atoms with Gasteiger partial charge >= 0.3 is 0 Å². The lowest BCUT2D eigenvalue weighted by atomic mass is 10.1. The maximum Gasteiger partial charge on any atom is 0.119 e. The lowest BCUT2D eigenvalue weighted by molar-refractivity contribution is 0.340. The van der Waals surface area contributed by atoms with E-state index >= 15 is 0 Å². The van der Waals surface area contributed by atoms with Crippen LogP contribution < -0.4 is 4.74 Å². The summed E-state index contributed by atoms with van der Waals surface area (Å²) >= 11 is 8.28. The highest BCUT2D eigenvalue weighted by molar-refractivity contribution is 7.10. The number of rotatable bonds is 5. The predicted octanol–water partition coefficient (Wildman–Crippen LogP) is 5.04. The summed E-state index contributed by atoms with van der Waals surface area (Å²) < 4.78 is 5.44. The maximum absolute atomic E-state index is 6.56. The first-order valence-electron chi connectivity index (χ1n) is 6.19. The molecule has 1 atom stereocenters. The van der Waals surface area contributed by atoms with Crippen molar-refractivity contribution in [2.45, 2.75) is 25.6 Å². The number of hydrogen-bond acceptors (Lipinski definition) is 2. The Balaban J connectivity index is 2.20. The largest absolute Gasteiger partial charge is 0.494 e. The number of alkyl halides is 1. The fraction of sp³-hybridized carbons (Fsp3) is 0.333. The third kappa shape index (κ3) is 2.88. The van der Waals surface area contributed by atoms with Crippen molar-refractivity contribution in [2.75, 3.05) is 6.61 Å². The maximum atomic E-state index is 6.56. The molecular formula is C15H17ClOS. The Morgan fingerprint density at radius 1 is 1.17 bits per heavy atom. The van der Waals surface area contributed by atoms with Crippen molar-refractivity contribution >= 4 is 22.9 Å². The number of benzene rings is 1. The monoisotopic (exact) mass is 280 g/mol. The molecule has 0 aliphatic heterocycles. The molecule has 96 valence electrons. The molecule has 2 aromatic rings.